The fourth-order valence-corrected chi connectivity index (χ4v) is 3.71. The van der Waals surface area contributed by atoms with E-state index in [1.54, 1.807) is 0 Å². The summed E-state index contributed by atoms with van der Waals surface area (Å²) >= 11 is 1.53. The summed E-state index contributed by atoms with van der Waals surface area (Å²) in [6.45, 7) is 0.536. The van der Waals surface area contributed by atoms with Gasteiger partial charge in [-0.15, -0.1) is 0 Å². The van der Waals surface area contributed by atoms with Crippen LogP contribution in [0.2, 0.25) is 0 Å². The lowest BCUT2D eigenvalue weighted by Crippen LogP contribution is -2.52. The monoisotopic (exact) mass is 345 g/mol. The van der Waals surface area contributed by atoms with E-state index in [0.29, 0.717) is 18.8 Å². The van der Waals surface area contributed by atoms with Crippen LogP contribution in [0.3, 0.4) is 0 Å². The number of hydrogen-bond donors (Lipinski definition) is 2. The molecule has 1 fully saturated rings. The molecule has 0 unspecified atom stereocenters. The first-order valence-corrected chi connectivity index (χ1v) is 8.78. The molecule has 1 amide bonds. The maximum absolute atomic E-state index is 12.1. The standard InChI is InChI=1S/C18H19NO4S/c20-7-1-8-23-16-4-2-13(3-5-16)18(14-6-9-24-12-14)11-15(21)10-17(22)19-18/h2-6,9,12,20H,1,7-8,10-11H2,(H,19,22)/t18-/m1/s1. The quantitative estimate of drug-likeness (QED) is 0.622. The molecule has 1 aromatic carbocycles. The minimum absolute atomic E-state index is 0.0613. The van der Waals surface area contributed by atoms with Crippen LogP contribution in [0.15, 0.2) is 41.1 Å². The summed E-state index contributed by atoms with van der Waals surface area (Å²) in [5, 5.41) is 15.7. The van der Waals surface area contributed by atoms with E-state index in [1.165, 1.54) is 11.3 Å². The van der Waals surface area contributed by atoms with Crippen molar-refractivity contribution in [3.8, 4) is 5.75 Å². The zero-order valence-corrected chi connectivity index (χ0v) is 14.0. The number of nitrogens with one attached hydrogen (secondary N) is 1. The minimum atomic E-state index is -0.809. The van der Waals surface area contributed by atoms with Gasteiger partial charge in [-0.2, -0.15) is 11.3 Å². The number of ketones is 1. The van der Waals surface area contributed by atoms with Gasteiger partial charge < -0.3 is 15.2 Å². The van der Waals surface area contributed by atoms with Crippen LogP contribution in [0.4, 0.5) is 0 Å². The smallest absolute Gasteiger partial charge is 0.228 e. The topological polar surface area (TPSA) is 75.6 Å². The van der Waals surface area contributed by atoms with Crippen LogP contribution in [0.5, 0.6) is 5.75 Å². The Bertz CT molecular complexity index is 693. The van der Waals surface area contributed by atoms with Crippen LogP contribution < -0.4 is 10.1 Å². The highest BCUT2D eigenvalue weighted by Gasteiger charge is 2.42. The molecule has 0 radical (unpaired) electrons. The van der Waals surface area contributed by atoms with E-state index in [0.717, 1.165) is 11.1 Å². The highest BCUT2D eigenvalue weighted by molar-refractivity contribution is 7.08. The largest absolute Gasteiger partial charge is 0.494 e. The lowest BCUT2D eigenvalue weighted by atomic mass is 9.77. The molecule has 3 rings (SSSR count). The van der Waals surface area contributed by atoms with Crippen molar-refractivity contribution in [3.05, 3.63) is 52.2 Å². The highest BCUT2D eigenvalue weighted by atomic mass is 32.1. The molecule has 2 N–H and O–H groups in total. The molecular formula is C18H19NO4S. The Morgan fingerprint density at radius 1 is 1.17 bits per heavy atom. The molecule has 2 heterocycles. The Kier molecular flexibility index (Phi) is 4.97. The number of rotatable bonds is 6. The molecular weight excluding hydrogens is 326 g/mol. The van der Waals surface area contributed by atoms with E-state index in [2.05, 4.69) is 5.32 Å². The number of carbonyl (C=O) groups excluding carboxylic acids is 2. The van der Waals surface area contributed by atoms with Crippen molar-refractivity contribution in [1.82, 2.24) is 5.32 Å². The third-order valence-electron chi connectivity index (χ3n) is 4.11. The van der Waals surface area contributed by atoms with E-state index in [4.69, 9.17) is 9.84 Å². The molecule has 0 saturated carbocycles. The highest BCUT2D eigenvalue weighted by Crippen LogP contribution is 2.37. The van der Waals surface area contributed by atoms with Gasteiger partial charge in [0.15, 0.2) is 0 Å². The van der Waals surface area contributed by atoms with Crippen molar-refractivity contribution in [1.29, 1.82) is 0 Å². The van der Waals surface area contributed by atoms with Gasteiger partial charge in [0, 0.05) is 19.4 Å². The van der Waals surface area contributed by atoms with E-state index in [1.807, 2.05) is 41.1 Å². The molecule has 1 aliphatic rings. The second-order valence-electron chi connectivity index (χ2n) is 5.81. The maximum atomic E-state index is 12.1. The maximum Gasteiger partial charge on any atom is 0.228 e. The first kappa shape index (κ1) is 16.7. The number of amides is 1. The zero-order valence-electron chi connectivity index (χ0n) is 13.2. The number of ether oxygens (including phenoxy) is 1. The number of aliphatic hydroxyl groups excluding tert-OH is 1. The molecule has 0 bridgehead atoms. The van der Waals surface area contributed by atoms with Crippen molar-refractivity contribution in [2.45, 2.75) is 24.8 Å². The molecule has 1 atom stereocenters. The van der Waals surface area contributed by atoms with Gasteiger partial charge in [0.2, 0.25) is 5.91 Å². The molecule has 126 valence electrons. The zero-order chi connectivity index (χ0) is 17.0. The Labute approximate surface area is 144 Å². The Morgan fingerprint density at radius 2 is 1.96 bits per heavy atom. The number of piperidine rings is 1. The summed E-state index contributed by atoms with van der Waals surface area (Å²) in [5.41, 5.74) is 0.968. The molecule has 24 heavy (non-hydrogen) atoms. The van der Waals surface area contributed by atoms with Gasteiger partial charge in [0.25, 0.3) is 0 Å². The summed E-state index contributed by atoms with van der Waals surface area (Å²) in [4.78, 5) is 24.1. The van der Waals surface area contributed by atoms with Crippen LogP contribution in [0, 0.1) is 0 Å². The number of aliphatic hydroxyl groups is 1. The number of carbonyl (C=O) groups is 2. The summed E-state index contributed by atoms with van der Waals surface area (Å²) in [5.74, 6) is 0.384. The van der Waals surface area contributed by atoms with Gasteiger partial charge in [-0.1, -0.05) is 12.1 Å². The van der Waals surface area contributed by atoms with Crippen molar-refractivity contribution in [3.63, 3.8) is 0 Å². The third kappa shape index (κ3) is 3.34. The van der Waals surface area contributed by atoms with Crippen molar-refractivity contribution in [2.75, 3.05) is 13.2 Å². The van der Waals surface area contributed by atoms with Gasteiger partial charge in [0.1, 0.15) is 11.5 Å². The second-order valence-corrected chi connectivity index (χ2v) is 6.59. The van der Waals surface area contributed by atoms with Crippen molar-refractivity contribution in [2.24, 2.45) is 0 Å². The Balaban J connectivity index is 1.92. The number of thiophene rings is 1. The van der Waals surface area contributed by atoms with E-state index >= 15 is 0 Å². The summed E-state index contributed by atoms with van der Waals surface area (Å²) < 4.78 is 5.54. The van der Waals surface area contributed by atoms with Gasteiger partial charge in [-0.05, 0) is 40.1 Å². The Hall–Kier alpha value is -2.18. The molecule has 0 aliphatic carbocycles. The predicted octanol–water partition coefficient (Wildman–Crippen LogP) is 2.23. The van der Waals surface area contributed by atoms with Crippen LogP contribution in [-0.2, 0) is 15.1 Å². The third-order valence-corrected chi connectivity index (χ3v) is 4.79. The first-order chi connectivity index (χ1) is 11.6. The average molecular weight is 345 g/mol. The molecule has 6 heteroatoms. The Morgan fingerprint density at radius 3 is 2.58 bits per heavy atom. The summed E-state index contributed by atoms with van der Waals surface area (Å²) in [7, 11) is 0. The minimum Gasteiger partial charge on any atom is -0.494 e. The van der Waals surface area contributed by atoms with Crippen LogP contribution in [0.1, 0.15) is 30.4 Å². The van der Waals surface area contributed by atoms with E-state index in [-0.39, 0.29) is 31.1 Å². The van der Waals surface area contributed by atoms with Crippen LogP contribution >= 0.6 is 11.3 Å². The SMILES string of the molecule is O=C1CC(=O)N[C@](c2ccc(OCCCO)cc2)(c2ccsc2)C1. The van der Waals surface area contributed by atoms with Gasteiger partial charge >= 0.3 is 0 Å². The van der Waals surface area contributed by atoms with Gasteiger partial charge in [-0.25, -0.2) is 0 Å². The molecule has 1 aliphatic heterocycles. The number of benzene rings is 1. The van der Waals surface area contributed by atoms with Crippen LogP contribution in [0.25, 0.3) is 0 Å². The summed E-state index contributed by atoms with van der Waals surface area (Å²) in [6, 6.07) is 9.35. The average Bonchev–Trinajstić information content (AvgIpc) is 3.10. The first-order valence-electron chi connectivity index (χ1n) is 7.83. The molecule has 1 aromatic heterocycles. The van der Waals surface area contributed by atoms with Crippen molar-refractivity contribution >= 4 is 23.0 Å². The molecule has 2 aromatic rings. The lowest BCUT2D eigenvalue weighted by molar-refractivity contribution is -0.133. The lowest BCUT2D eigenvalue weighted by Gasteiger charge is -2.37. The number of Topliss-reactive ketones (excluding diaryl/α,β-unsaturated/α-hetero) is 1. The van der Waals surface area contributed by atoms with Crippen molar-refractivity contribution < 1.29 is 19.4 Å². The fraction of sp³-hybridized carbons (Fsp3) is 0.333. The molecule has 5 nitrogen and oxygen atoms in total. The molecule has 0 spiro atoms. The van der Waals surface area contributed by atoms with Gasteiger partial charge in [0.05, 0.1) is 18.6 Å². The van der Waals surface area contributed by atoms with E-state index in [9.17, 15) is 9.59 Å². The summed E-state index contributed by atoms with van der Waals surface area (Å²) in [6.07, 6.45) is 0.763. The van der Waals surface area contributed by atoms with Gasteiger partial charge in [-0.3, -0.25) is 9.59 Å². The van der Waals surface area contributed by atoms with E-state index < -0.39 is 5.54 Å². The number of hydrogen-bond acceptors (Lipinski definition) is 5. The predicted molar refractivity (Wildman–Crippen MR) is 91.1 cm³/mol. The second kappa shape index (κ2) is 7.15. The van der Waals surface area contributed by atoms with Crippen LogP contribution in [-0.4, -0.2) is 30.0 Å². The molecule has 1 saturated heterocycles. The fourth-order valence-electron chi connectivity index (χ4n) is 2.98. The normalized spacial score (nSPS) is 20.7.